The van der Waals surface area contributed by atoms with Gasteiger partial charge in [0.25, 0.3) is 0 Å². The van der Waals surface area contributed by atoms with E-state index in [0.717, 1.165) is 11.1 Å². The van der Waals surface area contributed by atoms with E-state index < -0.39 is 23.7 Å². The summed E-state index contributed by atoms with van der Waals surface area (Å²) >= 11 is 1.39. The van der Waals surface area contributed by atoms with Crippen LogP contribution in [0.2, 0.25) is 0 Å². The molecule has 6 heteroatoms. The third kappa shape index (κ3) is 3.25. The molecule has 1 aromatic carbocycles. The summed E-state index contributed by atoms with van der Waals surface area (Å²) in [6, 6.07) is 9.65. The number of carbonyl (C=O) groups excluding carboxylic acids is 2. The second kappa shape index (κ2) is 7.34. The van der Waals surface area contributed by atoms with Crippen LogP contribution in [-0.4, -0.2) is 24.7 Å². The second-order valence-electron chi connectivity index (χ2n) is 5.11. The molecule has 2 atom stereocenters. The van der Waals surface area contributed by atoms with Crippen molar-refractivity contribution in [2.24, 2.45) is 5.92 Å². The second-order valence-corrected chi connectivity index (χ2v) is 6.39. The maximum atomic E-state index is 12.5. The summed E-state index contributed by atoms with van der Waals surface area (Å²) in [5.74, 6) is -2.04. The normalized spacial score (nSPS) is 20.7. The molecule has 1 heterocycles. The highest BCUT2D eigenvalue weighted by Gasteiger charge is 2.44. The van der Waals surface area contributed by atoms with Crippen LogP contribution in [0.3, 0.4) is 0 Å². The monoisotopic (exact) mass is 330 g/mol. The molecule has 0 aromatic heterocycles. The zero-order valence-corrected chi connectivity index (χ0v) is 14.1. The van der Waals surface area contributed by atoms with Gasteiger partial charge in [0.2, 0.25) is 5.91 Å². The largest absolute Gasteiger partial charge is 0.468 e. The van der Waals surface area contributed by atoms with E-state index in [1.807, 2.05) is 38.1 Å². The molecule has 0 unspecified atom stereocenters. The summed E-state index contributed by atoms with van der Waals surface area (Å²) in [6.45, 7) is 3.84. The van der Waals surface area contributed by atoms with Gasteiger partial charge in [0.1, 0.15) is 5.92 Å². The first-order valence-corrected chi connectivity index (χ1v) is 8.25. The van der Waals surface area contributed by atoms with Gasteiger partial charge in [-0.05, 0) is 23.8 Å². The average Bonchev–Trinajstić information content (AvgIpc) is 2.54. The first-order chi connectivity index (χ1) is 11.0. The Morgan fingerprint density at radius 3 is 2.70 bits per heavy atom. The summed E-state index contributed by atoms with van der Waals surface area (Å²) in [7, 11) is 1.25. The van der Waals surface area contributed by atoms with Crippen molar-refractivity contribution in [1.82, 2.24) is 5.32 Å². The number of nitrogens with one attached hydrogen (secondary N) is 1. The van der Waals surface area contributed by atoms with E-state index in [1.54, 1.807) is 0 Å². The molecule has 0 bridgehead atoms. The zero-order chi connectivity index (χ0) is 17.0. The van der Waals surface area contributed by atoms with Crippen LogP contribution in [0.15, 0.2) is 34.9 Å². The molecule has 1 aromatic rings. The van der Waals surface area contributed by atoms with Gasteiger partial charge in [-0.2, -0.15) is 5.26 Å². The number of thioether (sulfide) groups is 1. The first-order valence-electron chi connectivity index (χ1n) is 7.26. The van der Waals surface area contributed by atoms with Gasteiger partial charge in [0.05, 0.1) is 23.8 Å². The van der Waals surface area contributed by atoms with Gasteiger partial charge in [0.15, 0.2) is 0 Å². The number of methoxy groups -OCH3 is 1. The molecule has 0 saturated carbocycles. The number of amides is 1. The Hall–Kier alpha value is -2.26. The van der Waals surface area contributed by atoms with Crippen molar-refractivity contribution in [3.63, 3.8) is 0 Å². The van der Waals surface area contributed by atoms with E-state index >= 15 is 0 Å². The Bertz CT molecular complexity index is 706. The van der Waals surface area contributed by atoms with Crippen molar-refractivity contribution in [2.75, 3.05) is 12.9 Å². The number of ether oxygens (including phenoxy) is 1. The van der Waals surface area contributed by atoms with Crippen LogP contribution in [0.4, 0.5) is 0 Å². The Labute approximate surface area is 139 Å². The third-order valence-corrected chi connectivity index (χ3v) is 4.70. The Morgan fingerprint density at radius 2 is 2.13 bits per heavy atom. The Kier molecular flexibility index (Phi) is 5.45. The van der Waals surface area contributed by atoms with Gasteiger partial charge in [0, 0.05) is 5.92 Å². The van der Waals surface area contributed by atoms with Gasteiger partial charge >= 0.3 is 5.97 Å². The topological polar surface area (TPSA) is 79.2 Å². The van der Waals surface area contributed by atoms with Crippen LogP contribution < -0.4 is 5.32 Å². The summed E-state index contributed by atoms with van der Waals surface area (Å²) in [4.78, 5) is 24.6. The number of rotatable bonds is 4. The maximum absolute atomic E-state index is 12.5. The van der Waals surface area contributed by atoms with Crippen molar-refractivity contribution in [2.45, 2.75) is 19.8 Å². The summed E-state index contributed by atoms with van der Waals surface area (Å²) in [5, 5.41) is 12.8. The minimum Gasteiger partial charge on any atom is -0.468 e. The predicted octanol–water partition coefficient (Wildman–Crippen LogP) is 2.49. The van der Waals surface area contributed by atoms with E-state index in [9.17, 15) is 14.9 Å². The number of hydrogen-bond donors (Lipinski definition) is 1. The fourth-order valence-electron chi connectivity index (χ4n) is 2.74. The third-order valence-electron chi connectivity index (χ3n) is 3.80. The molecule has 1 N–H and O–H groups in total. The molecule has 1 aliphatic heterocycles. The van der Waals surface area contributed by atoms with Crippen LogP contribution in [0.5, 0.6) is 0 Å². The fraction of sp³-hybridized carbons (Fsp3) is 0.353. The number of aryl methyl sites for hydroxylation is 1. The van der Waals surface area contributed by atoms with Gasteiger partial charge in [-0.25, -0.2) is 0 Å². The molecule has 1 aliphatic rings. The fourth-order valence-corrected chi connectivity index (χ4v) is 3.53. The quantitative estimate of drug-likeness (QED) is 0.678. The number of benzene rings is 1. The van der Waals surface area contributed by atoms with E-state index in [2.05, 4.69) is 11.4 Å². The van der Waals surface area contributed by atoms with Crippen molar-refractivity contribution in [3.8, 4) is 6.07 Å². The van der Waals surface area contributed by atoms with Gasteiger partial charge < -0.3 is 10.1 Å². The lowest BCUT2D eigenvalue weighted by Crippen LogP contribution is -2.44. The molecule has 2 rings (SSSR count). The summed E-state index contributed by atoms with van der Waals surface area (Å²) < 4.78 is 4.80. The van der Waals surface area contributed by atoms with Crippen LogP contribution in [0.1, 0.15) is 24.0 Å². The molecule has 5 nitrogen and oxygen atoms in total. The number of hydrogen-bond acceptors (Lipinski definition) is 5. The van der Waals surface area contributed by atoms with Gasteiger partial charge in [-0.15, -0.1) is 11.8 Å². The molecule has 0 spiro atoms. The highest BCUT2D eigenvalue weighted by Crippen LogP contribution is 2.41. The average molecular weight is 330 g/mol. The van der Waals surface area contributed by atoms with E-state index in [-0.39, 0.29) is 0 Å². The SMILES string of the molecule is CCSC1=C(C#N)[C@@H](c2ccccc2C)[C@@H](C(=O)OC)C(=O)N1. The highest BCUT2D eigenvalue weighted by molar-refractivity contribution is 8.03. The summed E-state index contributed by atoms with van der Waals surface area (Å²) in [6.07, 6.45) is 0. The predicted molar refractivity (Wildman–Crippen MR) is 88.3 cm³/mol. The van der Waals surface area contributed by atoms with Gasteiger partial charge in [-0.1, -0.05) is 31.2 Å². The van der Waals surface area contributed by atoms with Crippen molar-refractivity contribution < 1.29 is 14.3 Å². The first kappa shape index (κ1) is 17.1. The van der Waals surface area contributed by atoms with Crippen LogP contribution in [-0.2, 0) is 14.3 Å². The van der Waals surface area contributed by atoms with Gasteiger partial charge in [-0.3, -0.25) is 9.59 Å². The van der Waals surface area contributed by atoms with E-state index in [1.165, 1.54) is 18.9 Å². The minimum atomic E-state index is -1.06. The highest BCUT2D eigenvalue weighted by atomic mass is 32.2. The lowest BCUT2D eigenvalue weighted by Gasteiger charge is -2.31. The smallest absolute Gasteiger partial charge is 0.319 e. The molecule has 0 fully saturated rings. The molecule has 23 heavy (non-hydrogen) atoms. The number of allylic oxidation sites excluding steroid dienone is 1. The van der Waals surface area contributed by atoms with Crippen LogP contribution in [0, 0.1) is 24.2 Å². The Balaban J connectivity index is 2.67. The van der Waals surface area contributed by atoms with E-state index in [4.69, 9.17) is 4.74 Å². The molecule has 0 aliphatic carbocycles. The molecular formula is C17H18N2O3S. The molecule has 1 amide bonds. The molecular weight excluding hydrogens is 312 g/mol. The minimum absolute atomic E-state index is 0.404. The maximum Gasteiger partial charge on any atom is 0.319 e. The number of nitriles is 1. The van der Waals surface area contributed by atoms with Crippen molar-refractivity contribution in [1.29, 1.82) is 5.26 Å². The lowest BCUT2D eigenvalue weighted by molar-refractivity contribution is -0.150. The molecule has 120 valence electrons. The lowest BCUT2D eigenvalue weighted by atomic mass is 9.77. The Morgan fingerprint density at radius 1 is 1.43 bits per heavy atom. The zero-order valence-electron chi connectivity index (χ0n) is 13.3. The number of nitrogens with zero attached hydrogens (tertiary/aromatic N) is 1. The summed E-state index contributed by atoms with van der Waals surface area (Å²) in [5.41, 5.74) is 2.12. The number of carbonyl (C=O) groups is 2. The van der Waals surface area contributed by atoms with Crippen molar-refractivity contribution >= 4 is 23.6 Å². The molecule has 0 saturated heterocycles. The number of esters is 1. The standard InChI is InChI=1S/C17H18N2O3S/c1-4-23-16-12(9-18)13(11-8-6-5-7-10(11)2)14(15(20)19-16)17(21)22-3/h5-8,13-14H,4H2,1-3H3,(H,19,20)/t13-,14-/m1/s1. The van der Waals surface area contributed by atoms with E-state index in [0.29, 0.717) is 16.4 Å². The molecule has 0 radical (unpaired) electrons. The van der Waals surface area contributed by atoms with Crippen molar-refractivity contribution in [3.05, 3.63) is 46.0 Å². The van der Waals surface area contributed by atoms with Crippen LogP contribution >= 0.6 is 11.8 Å². The van der Waals surface area contributed by atoms with Crippen LogP contribution in [0.25, 0.3) is 0 Å².